The van der Waals surface area contributed by atoms with Crippen molar-refractivity contribution in [2.45, 2.75) is 26.8 Å². The van der Waals surface area contributed by atoms with Crippen LogP contribution >= 0.6 is 11.6 Å². The van der Waals surface area contributed by atoms with Crippen molar-refractivity contribution in [1.82, 2.24) is 5.43 Å². The molecule has 5 heteroatoms. The highest BCUT2D eigenvalue weighted by Gasteiger charge is 2.12. The Bertz CT molecular complexity index is 711. The number of halogens is 1. The summed E-state index contributed by atoms with van der Waals surface area (Å²) in [5, 5.41) is 7.81. The molecule has 1 unspecified atom stereocenters. The van der Waals surface area contributed by atoms with E-state index in [1.165, 1.54) is 5.56 Å². The van der Waals surface area contributed by atoms with Gasteiger partial charge in [-0.2, -0.15) is 5.10 Å². The molecule has 1 atom stereocenters. The van der Waals surface area contributed by atoms with E-state index in [-0.39, 0.29) is 5.91 Å². The molecule has 120 valence electrons. The Morgan fingerprint density at radius 1 is 1.17 bits per heavy atom. The number of carbonyl (C=O) groups excluding carboxylic acids is 1. The summed E-state index contributed by atoms with van der Waals surface area (Å²) >= 11 is 5.93. The van der Waals surface area contributed by atoms with Gasteiger partial charge >= 0.3 is 0 Å². The second-order valence-electron chi connectivity index (χ2n) is 5.47. The van der Waals surface area contributed by atoms with Crippen molar-refractivity contribution >= 4 is 29.4 Å². The Kier molecular flexibility index (Phi) is 5.77. The van der Waals surface area contributed by atoms with Gasteiger partial charge in [0.1, 0.15) is 6.04 Å². The molecule has 4 nitrogen and oxygen atoms in total. The van der Waals surface area contributed by atoms with Gasteiger partial charge in [0.05, 0.1) is 6.21 Å². The van der Waals surface area contributed by atoms with Crippen LogP contribution in [0.3, 0.4) is 0 Å². The Labute approximate surface area is 141 Å². The quantitative estimate of drug-likeness (QED) is 0.645. The molecule has 0 aliphatic rings. The molecule has 2 N–H and O–H groups in total. The topological polar surface area (TPSA) is 53.5 Å². The minimum Gasteiger partial charge on any atom is -0.374 e. The summed E-state index contributed by atoms with van der Waals surface area (Å²) < 4.78 is 0. The number of nitrogens with one attached hydrogen (secondary N) is 2. The first-order chi connectivity index (χ1) is 11.0. The van der Waals surface area contributed by atoms with Crippen molar-refractivity contribution in [2.75, 3.05) is 5.32 Å². The van der Waals surface area contributed by atoms with Crippen LogP contribution in [0, 0.1) is 13.8 Å². The van der Waals surface area contributed by atoms with Crippen molar-refractivity contribution in [3.8, 4) is 0 Å². The van der Waals surface area contributed by atoms with E-state index in [0.29, 0.717) is 5.02 Å². The lowest BCUT2D eigenvalue weighted by molar-refractivity contribution is -0.121. The molecule has 0 saturated carbocycles. The summed E-state index contributed by atoms with van der Waals surface area (Å²) in [4.78, 5) is 12.1. The number of aryl methyl sites for hydroxylation is 2. The van der Waals surface area contributed by atoms with Crippen molar-refractivity contribution < 1.29 is 4.79 Å². The minimum atomic E-state index is -0.412. The summed E-state index contributed by atoms with van der Waals surface area (Å²) in [5.41, 5.74) is 6.52. The van der Waals surface area contributed by atoms with Gasteiger partial charge in [-0.25, -0.2) is 5.43 Å². The monoisotopic (exact) mass is 329 g/mol. The average molecular weight is 330 g/mol. The van der Waals surface area contributed by atoms with E-state index < -0.39 is 6.04 Å². The van der Waals surface area contributed by atoms with Gasteiger partial charge in [-0.15, -0.1) is 0 Å². The molecule has 2 aromatic carbocycles. The zero-order valence-corrected chi connectivity index (χ0v) is 14.2. The SMILES string of the molecule is Cc1ccc(/C=N/NC(=O)C(C)Nc2ccc(Cl)cc2C)cc1. The third kappa shape index (κ3) is 5.11. The highest BCUT2D eigenvalue weighted by molar-refractivity contribution is 6.30. The molecular formula is C18H20ClN3O. The molecule has 0 radical (unpaired) electrons. The number of benzene rings is 2. The number of carbonyl (C=O) groups is 1. The Hall–Kier alpha value is -2.33. The smallest absolute Gasteiger partial charge is 0.262 e. The minimum absolute atomic E-state index is 0.206. The van der Waals surface area contributed by atoms with Crippen LogP contribution in [0.25, 0.3) is 0 Å². The number of nitrogens with zero attached hydrogens (tertiary/aromatic N) is 1. The predicted octanol–water partition coefficient (Wildman–Crippen LogP) is 3.91. The van der Waals surface area contributed by atoms with Gasteiger partial charge in [-0.05, 0) is 50.1 Å². The summed E-state index contributed by atoms with van der Waals surface area (Å²) in [6.45, 7) is 5.74. The largest absolute Gasteiger partial charge is 0.374 e. The van der Waals surface area contributed by atoms with Gasteiger partial charge in [-0.1, -0.05) is 41.4 Å². The van der Waals surface area contributed by atoms with Crippen molar-refractivity contribution in [2.24, 2.45) is 5.10 Å². The molecule has 0 aliphatic heterocycles. The first-order valence-corrected chi connectivity index (χ1v) is 7.76. The lowest BCUT2D eigenvalue weighted by atomic mass is 10.2. The number of hydrogen-bond donors (Lipinski definition) is 2. The Balaban J connectivity index is 1.90. The zero-order valence-electron chi connectivity index (χ0n) is 13.4. The van der Waals surface area contributed by atoms with E-state index in [9.17, 15) is 4.79 Å². The maximum Gasteiger partial charge on any atom is 0.262 e. The number of hydrazone groups is 1. The van der Waals surface area contributed by atoms with E-state index in [1.807, 2.05) is 50.2 Å². The summed E-state index contributed by atoms with van der Waals surface area (Å²) in [7, 11) is 0. The third-order valence-corrected chi connectivity index (χ3v) is 3.65. The molecule has 0 saturated heterocycles. The third-order valence-electron chi connectivity index (χ3n) is 3.42. The molecule has 0 fully saturated rings. The molecule has 2 aromatic rings. The van der Waals surface area contributed by atoms with Crippen LogP contribution in [0.2, 0.25) is 5.02 Å². The highest BCUT2D eigenvalue weighted by Crippen LogP contribution is 2.20. The summed E-state index contributed by atoms with van der Waals surface area (Å²) in [6, 6.07) is 13.0. The second-order valence-corrected chi connectivity index (χ2v) is 5.91. The predicted molar refractivity (Wildman–Crippen MR) is 96.2 cm³/mol. The van der Waals surface area contributed by atoms with Crippen LogP contribution in [0.1, 0.15) is 23.6 Å². The Morgan fingerprint density at radius 3 is 2.52 bits per heavy atom. The van der Waals surface area contributed by atoms with Gasteiger partial charge in [0.25, 0.3) is 5.91 Å². The summed E-state index contributed by atoms with van der Waals surface area (Å²) in [5.74, 6) is -0.206. The van der Waals surface area contributed by atoms with E-state index in [1.54, 1.807) is 19.2 Å². The van der Waals surface area contributed by atoms with Crippen LogP contribution < -0.4 is 10.7 Å². The molecule has 1 amide bonds. The number of anilines is 1. The van der Waals surface area contributed by atoms with E-state index in [0.717, 1.165) is 16.8 Å². The van der Waals surface area contributed by atoms with E-state index in [2.05, 4.69) is 15.8 Å². The summed E-state index contributed by atoms with van der Waals surface area (Å²) in [6.07, 6.45) is 1.62. The lowest BCUT2D eigenvalue weighted by Gasteiger charge is -2.15. The molecule has 23 heavy (non-hydrogen) atoms. The van der Waals surface area contributed by atoms with Crippen molar-refractivity contribution in [3.05, 3.63) is 64.2 Å². The van der Waals surface area contributed by atoms with E-state index in [4.69, 9.17) is 11.6 Å². The van der Waals surface area contributed by atoms with Crippen LogP contribution in [0.4, 0.5) is 5.69 Å². The standard InChI is InChI=1S/C18H20ClN3O/c1-12-4-6-15(7-5-12)11-20-22-18(23)14(3)21-17-9-8-16(19)10-13(17)2/h4-11,14,21H,1-3H3,(H,22,23)/b20-11+. The fourth-order valence-electron chi connectivity index (χ4n) is 2.01. The lowest BCUT2D eigenvalue weighted by Crippen LogP contribution is -2.35. The van der Waals surface area contributed by atoms with Crippen LogP contribution in [0.15, 0.2) is 47.6 Å². The molecule has 0 aromatic heterocycles. The first kappa shape index (κ1) is 17.0. The normalized spacial score (nSPS) is 12.2. The first-order valence-electron chi connectivity index (χ1n) is 7.38. The maximum atomic E-state index is 12.1. The Morgan fingerprint density at radius 2 is 1.87 bits per heavy atom. The van der Waals surface area contributed by atoms with Gasteiger partial charge in [0, 0.05) is 10.7 Å². The van der Waals surface area contributed by atoms with Crippen LogP contribution in [-0.4, -0.2) is 18.2 Å². The van der Waals surface area contributed by atoms with E-state index >= 15 is 0 Å². The molecule has 0 aliphatic carbocycles. The van der Waals surface area contributed by atoms with Gasteiger partial charge < -0.3 is 5.32 Å². The van der Waals surface area contributed by atoms with Crippen LogP contribution in [0.5, 0.6) is 0 Å². The molecule has 0 heterocycles. The number of rotatable bonds is 5. The molecular weight excluding hydrogens is 310 g/mol. The van der Waals surface area contributed by atoms with Gasteiger partial charge in [0.2, 0.25) is 0 Å². The zero-order chi connectivity index (χ0) is 16.8. The molecule has 0 bridgehead atoms. The second kappa shape index (κ2) is 7.79. The number of hydrogen-bond acceptors (Lipinski definition) is 3. The van der Waals surface area contributed by atoms with Crippen molar-refractivity contribution in [3.63, 3.8) is 0 Å². The molecule has 2 rings (SSSR count). The molecule has 0 spiro atoms. The van der Waals surface area contributed by atoms with Gasteiger partial charge in [0.15, 0.2) is 0 Å². The fourth-order valence-corrected chi connectivity index (χ4v) is 2.23. The maximum absolute atomic E-state index is 12.1. The average Bonchev–Trinajstić information content (AvgIpc) is 2.51. The highest BCUT2D eigenvalue weighted by atomic mass is 35.5. The number of amides is 1. The van der Waals surface area contributed by atoms with Crippen molar-refractivity contribution in [1.29, 1.82) is 0 Å². The van der Waals surface area contributed by atoms with Crippen LogP contribution in [-0.2, 0) is 4.79 Å². The fraction of sp³-hybridized carbons (Fsp3) is 0.222. The van der Waals surface area contributed by atoms with Gasteiger partial charge in [-0.3, -0.25) is 4.79 Å².